The molecule has 4 heteroatoms. The van der Waals surface area contributed by atoms with Crippen LogP contribution in [0.2, 0.25) is 0 Å². The van der Waals surface area contributed by atoms with Crippen LogP contribution in [-0.2, 0) is 0 Å². The lowest BCUT2D eigenvalue weighted by Crippen LogP contribution is -1.96. The summed E-state index contributed by atoms with van der Waals surface area (Å²) < 4.78 is 0. The van der Waals surface area contributed by atoms with Crippen molar-refractivity contribution in [3.63, 3.8) is 0 Å². The molecule has 0 spiro atoms. The van der Waals surface area contributed by atoms with E-state index in [1.807, 2.05) is 30.3 Å². The SMILES string of the molecule is c1ccc(-c2cccc(-c3cc(-c4ccccc4)cc(-c4ccc(-c5cc(-c6ccncc6)nc(-c6ccncc6)n5)cc4)c3)c2)cc1. The second-order valence-electron chi connectivity index (χ2n) is 11.6. The van der Waals surface area contributed by atoms with Crippen LogP contribution >= 0.6 is 0 Å². The molecular weight excluding hydrogens is 585 g/mol. The van der Waals surface area contributed by atoms with E-state index in [9.17, 15) is 0 Å². The number of benzene rings is 5. The Hall–Kier alpha value is -6.52. The van der Waals surface area contributed by atoms with Crippen molar-refractivity contribution in [1.29, 1.82) is 0 Å². The third-order valence-electron chi connectivity index (χ3n) is 8.50. The summed E-state index contributed by atoms with van der Waals surface area (Å²) >= 11 is 0. The van der Waals surface area contributed by atoms with Gasteiger partial charge in [0.05, 0.1) is 11.4 Å². The highest BCUT2D eigenvalue weighted by Crippen LogP contribution is 2.35. The van der Waals surface area contributed by atoms with Crippen molar-refractivity contribution in [3.8, 4) is 78.4 Å². The molecule has 3 heterocycles. The number of hydrogen-bond donors (Lipinski definition) is 0. The molecule has 0 aliphatic carbocycles. The Bertz CT molecular complexity index is 2250. The molecule has 0 aliphatic heterocycles. The molecule has 0 N–H and O–H groups in total. The summed E-state index contributed by atoms with van der Waals surface area (Å²) in [6, 6.07) is 55.3. The average Bonchev–Trinajstić information content (AvgIpc) is 3.19. The van der Waals surface area contributed by atoms with Crippen molar-refractivity contribution < 1.29 is 0 Å². The smallest absolute Gasteiger partial charge is 0.160 e. The minimum atomic E-state index is 0.656. The van der Waals surface area contributed by atoms with Crippen LogP contribution in [0.1, 0.15) is 0 Å². The van der Waals surface area contributed by atoms with Crippen LogP contribution in [0.3, 0.4) is 0 Å². The van der Waals surface area contributed by atoms with E-state index in [0.29, 0.717) is 5.82 Å². The van der Waals surface area contributed by atoms with Gasteiger partial charge < -0.3 is 0 Å². The Morgan fingerprint density at radius 2 is 0.625 bits per heavy atom. The molecular formula is C44H30N4. The van der Waals surface area contributed by atoms with Gasteiger partial charge in [-0.05, 0) is 99.1 Å². The Kier molecular flexibility index (Phi) is 7.87. The number of rotatable bonds is 7. The van der Waals surface area contributed by atoms with Gasteiger partial charge in [0.2, 0.25) is 0 Å². The third kappa shape index (κ3) is 6.15. The molecule has 0 atom stereocenters. The largest absolute Gasteiger partial charge is 0.265 e. The normalized spacial score (nSPS) is 10.9. The number of nitrogens with zero attached hydrogens (tertiary/aromatic N) is 4. The van der Waals surface area contributed by atoms with E-state index < -0.39 is 0 Å². The summed E-state index contributed by atoms with van der Waals surface area (Å²) in [4.78, 5) is 18.3. The van der Waals surface area contributed by atoms with E-state index in [-0.39, 0.29) is 0 Å². The summed E-state index contributed by atoms with van der Waals surface area (Å²) in [5.41, 5.74) is 14.0. The molecule has 48 heavy (non-hydrogen) atoms. The second-order valence-corrected chi connectivity index (χ2v) is 11.6. The average molecular weight is 615 g/mol. The lowest BCUT2D eigenvalue weighted by atomic mass is 9.92. The van der Waals surface area contributed by atoms with E-state index >= 15 is 0 Å². The van der Waals surface area contributed by atoms with E-state index in [0.717, 1.165) is 39.2 Å². The van der Waals surface area contributed by atoms with Gasteiger partial charge >= 0.3 is 0 Å². The van der Waals surface area contributed by atoms with Gasteiger partial charge in [-0.25, -0.2) is 9.97 Å². The van der Waals surface area contributed by atoms with E-state index in [2.05, 4.69) is 137 Å². The highest BCUT2D eigenvalue weighted by molar-refractivity contribution is 5.83. The van der Waals surface area contributed by atoms with Crippen LogP contribution in [0.5, 0.6) is 0 Å². The van der Waals surface area contributed by atoms with Crippen molar-refractivity contribution in [1.82, 2.24) is 19.9 Å². The molecule has 226 valence electrons. The molecule has 8 aromatic rings. The molecule has 0 unspecified atom stereocenters. The molecule has 4 nitrogen and oxygen atoms in total. The minimum absolute atomic E-state index is 0.656. The molecule has 0 amide bonds. The first-order valence-electron chi connectivity index (χ1n) is 15.9. The van der Waals surface area contributed by atoms with E-state index in [1.54, 1.807) is 24.8 Å². The first kappa shape index (κ1) is 28.9. The molecule has 0 saturated carbocycles. The van der Waals surface area contributed by atoms with Crippen molar-refractivity contribution in [2.75, 3.05) is 0 Å². The van der Waals surface area contributed by atoms with Crippen LogP contribution in [-0.4, -0.2) is 19.9 Å². The molecule has 0 aliphatic rings. The van der Waals surface area contributed by atoms with E-state index in [1.165, 1.54) is 33.4 Å². The van der Waals surface area contributed by atoms with Crippen molar-refractivity contribution in [2.45, 2.75) is 0 Å². The van der Waals surface area contributed by atoms with Crippen molar-refractivity contribution >= 4 is 0 Å². The molecule has 0 fully saturated rings. The zero-order valence-electron chi connectivity index (χ0n) is 26.1. The van der Waals surface area contributed by atoms with Gasteiger partial charge in [-0.2, -0.15) is 0 Å². The van der Waals surface area contributed by atoms with Gasteiger partial charge in [-0.1, -0.05) is 103 Å². The van der Waals surface area contributed by atoms with Gasteiger partial charge in [0, 0.05) is 41.5 Å². The lowest BCUT2D eigenvalue weighted by molar-refractivity contribution is 1.17. The monoisotopic (exact) mass is 614 g/mol. The lowest BCUT2D eigenvalue weighted by Gasteiger charge is -2.13. The van der Waals surface area contributed by atoms with Crippen LogP contribution in [0.15, 0.2) is 183 Å². The van der Waals surface area contributed by atoms with Gasteiger partial charge in [0.25, 0.3) is 0 Å². The van der Waals surface area contributed by atoms with Crippen LogP contribution in [0, 0.1) is 0 Å². The van der Waals surface area contributed by atoms with Crippen LogP contribution in [0.4, 0.5) is 0 Å². The Labute approximate surface area is 280 Å². The van der Waals surface area contributed by atoms with Crippen molar-refractivity contribution in [3.05, 3.63) is 183 Å². The maximum atomic E-state index is 4.99. The summed E-state index contributed by atoms with van der Waals surface area (Å²) in [5.74, 6) is 0.656. The fraction of sp³-hybridized carbons (Fsp3) is 0. The Balaban J connectivity index is 1.20. The molecule has 0 saturated heterocycles. The quantitative estimate of drug-likeness (QED) is 0.179. The minimum Gasteiger partial charge on any atom is -0.265 e. The maximum Gasteiger partial charge on any atom is 0.160 e. The Morgan fingerprint density at radius 3 is 1.19 bits per heavy atom. The van der Waals surface area contributed by atoms with E-state index in [4.69, 9.17) is 9.97 Å². The fourth-order valence-electron chi connectivity index (χ4n) is 6.00. The third-order valence-corrected chi connectivity index (χ3v) is 8.50. The zero-order chi connectivity index (χ0) is 32.1. The topological polar surface area (TPSA) is 51.6 Å². The number of aromatic nitrogens is 4. The summed E-state index contributed by atoms with van der Waals surface area (Å²) in [7, 11) is 0. The van der Waals surface area contributed by atoms with Crippen LogP contribution in [0.25, 0.3) is 78.4 Å². The predicted molar refractivity (Wildman–Crippen MR) is 196 cm³/mol. The molecule has 5 aromatic carbocycles. The van der Waals surface area contributed by atoms with Crippen LogP contribution < -0.4 is 0 Å². The van der Waals surface area contributed by atoms with Crippen molar-refractivity contribution in [2.24, 2.45) is 0 Å². The maximum absolute atomic E-state index is 4.99. The molecule has 0 bridgehead atoms. The summed E-state index contributed by atoms with van der Waals surface area (Å²) in [6.45, 7) is 0. The standard InChI is InChI=1S/C44H30N4/c1-3-8-31(9-4-1)37-12-7-13-38(26-37)41-28-39(32-10-5-2-6-11-32)27-40(29-41)33-14-16-34(17-15-33)42-30-43(35-18-22-45-23-19-35)48-44(47-42)36-20-24-46-25-21-36/h1-30H. The number of hydrogen-bond acceptors (Lipinski definition) is 4. The highest BCUT2D eigenvalue weighted by atomic mass is 14.9. The molecule has 3 aromatic heterocycles. The first-order chi connectivity index (χ1) is 23.8. The second kappa shape index (κ2) is 13.1. The summed E-state index contributed by atoms with van der Waals surface area (Å²) in [5, 5.41) is 0. The van der Waals surface area contributed by atoms with Gasteiger partial charge in [0.15, 0.2) is 5.82 Å². The number of pyridine rings is 2. The molecule has 8 rings (SSSR count). The van der Waals surface area contributed by atoms with Gasteiger partial charge in [0.1, 0.15) is 0 Å². The van der Waals surface area contributed by atoms with Gasteiger partial charge in [-0.15, -0.1) is 0 Å². The summed E-state index contributed by atoms with van der Waals surface area (Å²) in [6.07, 6.45) is 7.10. The Morgan fingerprint density at radius 1 is 0.250 bits per heavy atom. The van der Waals surface area contributed by atoms with Gasteiger partial charge in [-0.3, -0.25) is 9.97 Å². The molecule has 0 radical (unpaired) electrons. The fourth-order valence-corrected chi connectivity index (χ4v) is 6.00. The first-order valence-corrected chi connectivity index (χ1v) is 15.9. The zero-order valence-corrected chi connectivity index (χ0v) is 26.1. The predicted octanol–water partition coefficient (Wildman–Crippen LogP) is 10.9. The highest BCUT2D eigenvalue weighted by Gasteiger charge is 2.13.